The number of nitrogens with zero attached hydrogens (tertiary/aromatic N) is 2. The van der Waals surface area contributed by atoms with E-state index in [2.05, 4.69) is 5.16 Å². The fourth-order valence-electron chi connectivity index (χ4n) is 2.59. The number of ether oxygens (including phenoxy) is 2. The van der Waals surface area contributed by atoms with Crippen LogP contribution in [0.5, 0.6) is 5.75 Å². The zero-order chi connectivity index (χ0) is 21.9. The molecule has 0 N–H and O–H groups in total. The molecule has 0 aliphatic heterocycles. The second-order valence-corrected chi connectivity index (χ2v) is 8.75. The van der Waals surface area contributed by atoms with Gasteiger partial charge >= 0.3 is 5.97 Å². The second-order valence-electron chi connectivity index (χ2n) is 6.67. The van der Waals surface area contributed by atoms with Gasteiger partial charge in [0, 0.05) is 14.1 Å². The third kappa shape index (κ3) is 4.55. The van der Waals surface area contributed by atoms with E-state index in [9.17, 15) is 13.2 Å². The fourth-order valence-corrected chi connectivity index (χ4v) is 3.40. The van der Waals surface area contributed by atoms with Crippen LogP contribution in [0, 0.1) is 13.8 Å². The van der Waals surface area contributed by atoms with Crippen molar-refractivity contribution in [1.82, 2.24) is 9.46 Å². The molecule has 30 heavy (non-hydrogen) atoms. The standard InChI is InChI=1S/C20H22N2O7S/c1-13-17(14(2)29-21-13)12-26-18-8-6-5-7-16(18)20(23)27-11-15-9-10-19(28-15)30(24,25)22(3)4/h5-10H,11-12H2,1-4H3. The normalized spacial score (nSPS) is 11.6. The lowest BCUT2D eigenvalue weighted by molar-refractivity contribution is 0.0435. The molecule has 0 spiro atoms. The Morgan fingerprint density at radius 2 is 1.83 bits per heavy atom. The van der Waals surface area contributed by atoms with Crippen LogP contribution >= 0.6 is 0 Å². The Bertz CT molecular complexity index is 1130. The first kappa shape index (κ1) is 21.6. The van der Waals surface area contributed by atoms with Crippen molar-refractivity contribution in [3.05, 3.63) is 64.7 Å². The molecule has 0 saturated carbocycles. The maximum Gasteiger partial charge on any atom is 0.342 e. The molecule has 0 bridgehead atoms. The number of sulfonamides is 1. The van der Waals surface area contributed by atoms with Crippen LogP contribution < -0.4 is 4.74 Å². The monoisotopic (exact) mass is 434 g/mol. The number of hydrogen-bond donors (Lipinski definition) is 0. The first-order chi connectivity index (χ1) is 14.2. The van der Waals surface area contributed by atoms with Crippen LogP contribution in [0.3, 0.4) is 0 Å². The number of para-hydroxylation sites is 1. The van der Waals surface area contributed by atoms with Gasteiger partial charge in [-0.25, -0.2) is 17.5 Å². The predicted octanol–water partition coefficient (Wildman–Crippen LogP) is 3.07. The van der Waals surface area contributed by atoms with Crippen molar-refractivity contribution >= 4 is 16.0 Å². The quantitative estimate of drug-likeness (QED) is 0.497. The van der Waals surface area contributed by atoms with Crippen LogP contribution in [0.1, 0.15) is 33.1 Å². The molecule has 3 aromatic rings. The number of rotatable bonds is 8. The molecule has 10 heteroatoms. The highest BCUT2D eigenvalue weighted by Gasteiger charge is 2.22. The molecule has 0 aliphatic rings. The molecule has 0 saturated heterocycles. The van der Waals surface area contributed by atoms with Crippen molar-refractivity contribution in [3.63, 3.8) is 0 Å². The number of benzene rings is 1. The average Bonchev–Trinajstić information content (AvgIpc) is 3.32. The van der Waals surface area contributed by atoms with Crippen molar-refractivity contribution in [2.24, 2.45) is 0 Å². The molecule has 9 nitrogen and oxygen atoms in total. The molecule has 0 amide bonds. The zero-order valence-electron chi connectivity index (χ0n) is 17.0. The number of carbonyl (C=O) groups excluding carboxylic acids is 1. The van der Waals surface area contributed by atoms with Crippen molar-refractivity contribution in [2.45, 2.75) is 32.2 Å². The number of aromatic nitrogens is 1. The van der Waals surface area contributed by atoms with E-state index in [1.165, 1.54) is 26.2 Å². The number of furan rings is 1. The molecular weight excluding hydrogens is 412 g/mol. The van der Waals surface area contributed by atoms with Crippen LogP contribution in [0.4, 0.5) is 0 Å². The van der Waals surface area contributed by atoms with E-state index in [-0.39, 0.29) is 29.6 Å². The molecule has 0 atom stereocenters. The minimum Gasteiger partial charge on any atom is -0.488 e. The Kier molecular flexibility index (Phi) is 6.28. The van der Waals surface area contributed by atoms with Gasteiger partial charge in [-0.05, 0) is 38.1 Å². The lowest BCUT2D eigenvalue weighted by atomic mass is 10.2. The Balaban J connectivity index is 1.67. The molecule has 0 radical (unpaired) electrons. The number of hydrogen-bond acceptors (Lipinski definition) is 8. The highest BCUT2D eigenvalue weighted by molar-refractivity contribution is 7.88. The van der Waals surface area contributed by atoms with Gasteiger partial charge in [0.05, 0.1) is 11.3 Å². The minimum absolute atomic E-state index is 0.190. The van der Waals surface area contributed by atoms with Crippen LogP contribution in [-0.4, -0.2) is 37.9 Å². The third-order valence-corrected chi connectivity index (χ3v) is 6.07. The molecule has 2 heterocycles. The maximum atomic E-state index is 12.5. The van der Waals surface area contributed by atoms with Crippen LogP contribution in [-0.2, 0) is 28.0 Å². The lowest BCUT2D eigenvalue weighted by Gasteiger charge is -2.11. The fraction of sp³-hybridized carbons (Fsp3) is 0.300. The van der Waals surface area contributed by atoms with E-state index in [0.29, 0.717) is 17.2 Å². The molecule has 0 fully saturated rings. The van der Waals surface area contributed by atoms with E-state index in [1.54, 1.807) is 31.2 Å². The Labute approximate surface area is 174 Å². The van der Waals surface area contributed by atoms with Gasteiger partial charge in [0.1, 0.15) is 36.0 Å². The van der Waals surface area contributed by atoms with E-state index in [4.69, 9.17) is 18.4 Å². The topological polar surface area (TPSA) is 112 Å². The van der Waals surface area contributed by atoms with Gasteiger partial charge in [0.25, 0.3) is 10.0 Å². The molecule has 3 rings (SSSR count). The SMILES string of the molecule is Cc1noc(C)c1COc1ccccc1C(=O)OCc1ccc(S(=O)(=O)N(C)C)o1. The highest BCUT2D eigenvalue weighted by atomic mass is 32.2. The van der Waals surface area contributed by atoms with Gasteiger partial charge < -0.3 is 18.4 Å². The smallest absolute Gasteiger partial charge is 0.342 e. The van der Waals surface area contributed by atoms with Gasteiger partial charge in [0.2, 0.25) is 5.09 Å². The van der Waals surface area contributed by atoms with Gasteiger partial charge in [-0.15, -0.1) is 0 Å². The summed E-state index contributed by atoms with van der Waals surface area (Å²) in [5.74, 6) is 0.572. The van der Waals surface area contributed by atoms with Gasteiger partial charge in [-0.1, -0.05) is 17.3 Å². The molecular formula is C20H22N2O7S. The van der Waals surface area contributed by atoms with E-state index in [0.717, 1.165) is 9.87 Å². The summed E-state index contributed by atoms with van der Waals surface area (Å²) in [6.07, 6.45) is 0. The van der Waals surface area contributed by atoms with Crippen LogP contribution in [0.15, 0.2) is 50.4 Å². The van der Waals surface area contributed by atoms with E-state index < -0.39 is 16.0 Å². The second kappa shape index (κ2) is 8.72. The maximum absolute atomic E-state index is 12.5. The molecule has 1 aromatic carbocycles. The summed E-state index contributed by atoms with van der Waals surface area (Å²) in [7, 11) is -0.896. The molecule has 2 aromatic heterocycles. The van der Waals surface area contributed by atoms with Crippen LogP contribution in [0.2, 0.25) is 0 Å². The zero-order valence-corrected chi connectivity index (χ0v) is 17.9. The summed E-state index contributed by atoms with van der Waals surface area (Å²) in [4.78, 5) is 12.5. The third-order valence-electron chi connectivity index (χ3n) is 4.38. The Morgan fingerprint density at radius 1 is 1.10 bits per heavy atom. The van der Waals surface area contributed by atoms with Crippen LogP contribution in [0.25, 0.3) is 0 Å². The summed E-state index contributed by atoms with van der Waals surface area (Å²) < 4.78 is 46.6. The highest BCUT2D eigenvalue weighted by Crippen LogP contribution is 2.23. The van der Waals surface area contributed by atoms with Gasteiger partial charge in [0.15, 0.2) is 0 Å². The minimum atomic E-state index is -3.70. The first-order valence-corrected chi connectivity index (χ1v) is 10.5. The lowest BCUT2D eigenvalue weighted by Crippen LogP contribution is -2.21. The molecule has 0 aliphatic carbocycles. The Hall–Kier alpha value is -3.11. The Morgan fingerprint density at radius 3 is 2.50 bits per heavy atom. The van der Waals surface area contributed by atoms with Gasteiger partial charge in [-0.3, -0.25) is 0 Å². The molecule has 160 valence electrons. The summed E-state index contributed by atoms with van der Waals surface area (Å²) in [6, 6.07) is 9.43. The van der Waals surface area contributed by atoms with Crippen molar-refractivity contribution in [3.8, 4) is 5.75 Å². The van der Waals surface area contributed by atoms with E-state index in [1.807, 2.05) is 6.92 Å². The first-order valence-electron chi connectivity index (χ1n) is 9.02. The van der Waals surface area contributed by atoms with Gasteiger partial charge in [-0.2, -0.15) is 0 Å². The number of aryl methyl sites for hydroxylation is 2. The number of esters is 1. The summed E-state index contributed by atoms with van der Waals surface area (Å²) in [6.45, 7) is 3.56. The van der Waals surface area contributed by atoms with Crippen molar-refractivity contribution in [2.75, 3.05) is 14.1 Å². The predicted molar refractivity (Wildman–Crippen MR) is 105 cm³/mol. The molecule has 0 unspecified atom stereocenters. The summed E-state index contributed by atoms with van der Waals surface area (Å²) in [5, 5.41) is 3.66. The average molecular weight is 434 g/mol. The largest absolute Gasteiger partial charge is 0.488 e. The van der Waals surface area contributed by atoms with Crippen molar-refractivity contribution < 1.29 is 31.6 Å². The van der Waals surface area contributed by atoms with E-state index >= 15 is 0 Å². The van der Waals surface area contributed by atoms with Crippen molar-refractivity contribution in [1.29, 1.82) is 0 Å². The number of carbonyl (C=O) groups is 1. The summed E-state index contributed by atoms with van der Waals surface area (Å²) in [5.41, 5.74) is 1.76. The summed E-state index contributed by atoms with van der Waals surface area (Å²) >= 11 is 0.